The molecule has 0 aliphatic rings. The van der Waals surface area contributed by atoms with E-state index >= 15 is 0 Å². The summed E-state index contributed by atoms with van der Waals surface area (Å²) in [6.45, 7) is 1.98. The highest BCUT2D eigenvalue weighted by molar-refractivity contribution is 5.85. The van der Waals surface area contributed by atoms with Crippen LogP contribution < -0.4 is 10.5 Å². The van der Waals surface area contributed by atoms with Crippen LogP contribution in [-0.4, -0.2) is 23.7 Å². The Labute approximate surface area is 132 Å². The van der Waals surface area contributed by atoms with Gasteiger partial charge < -0.3 is 15.6 Å². The molecular formula is C14H20ClF4NO2. The second kappa shape index (κ2) is 9.17. The van der Waals surface area contributed by atoms with Crippen molar-refractivity contribution >= 4 is 12.4 Å². The molecule has 0 amide bonds. The molecule has 0 radical (unpaired) electrons. The number of aliphatic hydroxyl groups excluding tert-OH is 1. The molecule has 0 aliphatic carbocycles. The van der Waals surface area contributed by atoms with Crippen LogP contribution in [-0.2, 0) is 0 Å². The molecule has 0 aromatic heterocycles. The van der Waals surface area contributed by atoms with Gasteiger partial charge >= 0.3 is 12.5 Å². The standard InChI is InChI=1S/C14H19F4NO2.ClH/c1-2-3-4-11(20)12(19)9-5-7-10(8-6-9)21-14(17,18)13(15)16;/h5-8,11-13,20H,2-4,19H2,1H3;1H/t11-,12+;/m0./s1. The van der Waals surface area contributed by atoms with Crippen LogP contribution in [0.2, 0.25) is 0 Å². The number of hydrogen-bond acceptors (Lipinski definition) is 3. The zero-order valence-electron chi connectivity index (χ0n) is 12.0. The Bertz CT molecular complexity index is 431. The van der Waals surface area contributed by atoms with Gasteiger partial charge in [-0.1, -0.05) is 31.9 Å². The van der Waals surface area contributed by atoms with Crippen LogP contribution in [0, 0.1) is 0 Å². The highest BCUT2D eigenvalue weighted by Crippen LogP contribution is 2.28. The fraction of sp³-hybridized carbons (Fsp3) is 0.571. The van der Waals surface area contributed by atoms with Gasteiger partial charge in [-0.2, -0.15) is 17.6 Å². The summed E-state index contributed by atoms with van der Waals surface area (Å²) in [6, 6.07) is 4.32. The van der Waals surface area contributed by atoms with E-state index in [2.05, 4.69) is 4.74 Å². The monoisotopic (exact) mass is 345 g/mol. The average Bonchev–Trinajstić information content (AvgIpc) is 2.44. The number of hydrogen-bond donors (Lipinski definition) is 2. The zero-order valence-corrected chi connectivity index (χ0v) is 12.8. The first kappa shape index (κ1) is 20.9. The van der Waals surface area contributed by atoms with Gasteiger partial charge in [0.15, 0.2) is 0 Å². The molecule has 0 fully saturated rings. The summed E-state index contributed by atoms with van der Waals surface area (Å²) in [5.41, 5.74) is 6.37. The molecule has 0 unspecified atom stereocenters. The maximum absolute atomic E-state index is 12.7. The smallest absolute Gasteiger partial charge is 0.428 e. The van der Waals surface area contributed by atoms with Gasteiger partial charge in [-0.25, -0.2) is 0 Å². The van der Waals surface area contributed by atoms with Gasteiger partial charge in [-0.3, -0.25) is 0 Å². The Morgan fingerprint density at radius 3 is 2.23 bits per heavy atom. The maximum Gasteiger partial charge on any atom is 0.461 e. The minimum atomic E-state index is -4.54. The number of ether oxygens (including phenoxy) is 1. The Kier molecular flexibility index (Phi) is 8.73. The molecule has 0 heterocycles. The number of alkyl halides is 4. The largest absolute Gasteiger partial charge is 0.461 e. The van der Waals surface area contributed by atoms with Crippen LogP contribution in [0.4, 0.5) is 17.6 Å². The van der Waals surface area contributed by atoms with Crippen molar-refractivity contribution in [2.45, 2.75) is 50.9 Å². The first-order chi connectivity index (χ1) is 9.77. The van der Waals surface area contributed by atoms with Crippen LogP contribution in [0.3, 0.4) is 0 Å². The second-order valence-electron chi connectivity index (χ2n) is 4.77. The molecule has 0 saturated carbocycles. The van der Waals surface area contributed by atoms with Crippen molar-refractivity contribution in [3.8, 4) is 5.75 Å². The van der Waals surface area contributed by atoms with Crippen molar-refractivity contribution in [2.75, 3.05) is 0 Å². The minimum Gasteiger partial charge on any atom is -0.428 e. The summed E-state index contributed by atoms with van der Waals surface area (Å²) in [4.78, 5) is 0. The lowest BCUT2D eigenvalue weighted by Crippen LogP contribution is -2.33. The summed E-state index contributed by atoms with van der Waals surface area (Å²) >= 11 is 0. The average molecular weight is 346 g/mol. The lowest BCUT2D eigenvalue weighted by molar-refractivity contribution is -0.253. The van der Waals surface area contributed by atoms with E-state index in [-0.39, 0.29) is 18.2 Å². The van der Waals surface area contributed by atoms with Gasteiger partial charge in [0.1, 0.15) is 5.75 Å². The Morgan fingerprint density at radius 1 is 1.23 bits per heavy atom. The van der Waals surface area contributed by atoms with Crippen LogP contribution in [0.5, 0.6) is 5.75 Å². The molecule has 1 aromatic rings. The summed E-state index contributed by atoms with van der Waals surface area (Å²) in [5.74, 6) is -0.390. The van der Waals surface area contributed by atoms with E-state index in [1.807, 2.05) is 6.92 Å². The maximum atomic E-state index is 12.7. The van der Waals surface area contributed by atoms with Crippen LogP contribution in [0.1, 0.15) is 37.8 Å². The molecule has 0 bridgehead atoms. The van der Waals surface area contributed by atoms with E-state index in [1.165, 1.54) is 12.1 Å². The lowest BCUT2D eigenvalue weighted by atomic mass is 9.98. The first-order valence-electron chi connectivity index (χ1n) is 6.66. The fourth-order valence-corrected chi connectivity index (χ4v) is 1.77. The van der Waals surface area contributed by atoms with Crippen molar-refractivity contribution < 1.29 is 27.4 Å². The van der Waals surface area contributed by atoms with Crippen molar-refractivity contribution in [1.82, 2.24) is 0 Å². The molecule has 3 nitrogen and oxygen atoms in total. The normalized spacial score (nSPS) is 14.4. The van der Waals surface area contributed by atoms with Gasteiger partial charge in [-0.15, -0.1) is 12.4 Å². The lowest BCUT2D eigenvalue weighted by Gasteiger charge is -2.20. The number of halogens is 5. The zero-order chi connectivity index (χ0) is 16.0. The van der Waals surface area contributed by atoms with Gasteiger partial charge in [0.25, 0.3) is 0 Å². The van der Waals surface area contributed by atoms with Gasteiger partial charge in [0.05, 0.1) is 12.1 Å². The van der Waals surface area contributed by atoms with Gasteiger partial charge in [-0.05, 0) is 24.1 Å². The molecule has 3 N–H and O–H groups in total. The third-order valence-electron chi connectivity index (χ3n) is 3.04. The number of nitrogens with two attached hydrogens (primary N) is 1. The van der Waals surface area contributed by atoms with E-state index in [0.29, 0.717) is 12.0 Å². The Morgan fingerprint density at radius 2 is 1.77 bits per heavy atom. The number of aliphatic hydroxyl groups is 1. The summed E-state index contributed by atoms with van der Waals surface area (Å²) in [5, 5.41) is 9.86. The van der Waals surface area contributed by atoms with Gasteiger partial charge in [0, 0.05) is 0 Å². The van der Waals surface area contributed by atoms with Crippen molar-refractivity contribution in [2.24, 2.45) is 5.73 Å². The topological polar surface area (TPSA) is 55.5 Å². The third-order valence-corrected chi connectivity index (χ3v) is 3.04. The van der Waals surface area contributed by atoms with E-state index < -0.39 is 24.7 Å². The van der Waals surface area contributed by atoms with E-state index in [0.717, 1.165) is 25.0 Å². The van der Waals surface area contributed by atoms with E-state index in [4.69, 9.17) is 5.73 Å². The molecule has 1 aromatic carbocycles. The molecule has 0 aliphatic heterocycles. The van der Waals surface area contributed by atoms with Crippen LogP contribution in [0.15, 0.2) is 24.3 Å². The number of benzene rings is 1. The summed E-state index contributed by atoms with van der Waals surface area (Å²) < 4.78 is 53.4. The molecular weight excluding hydrogens is 326 g/mol. The fourth-order valence-electron chi connectivity index (χ4n) is 1.77. The molecule has 2 atom stereocenters. The molecule has 0 spiro atoms. The van der Waals surface area contributed by atoms with Crippen LogP contribution in [0.25, 0.3) is 0 Å². The predicted octanol–water partition coefficient (Wildman–Crippen LogP) is 3.90. The Balaban J connectivity index is 0.00000441. The first-order valence-corrected chi connectivity index (χ1v) is 6.66. The second-order valence-corrected chi connectivity index (χ2v) is 4.77. The van der Waals surface area contributed by atoms with E-state index in [1.54, 1.807) is 0 Å². The molecule has 8 heteroatoms. The highest BCUT2D eigenvalue weighted by atomic mass is 35.5. The predicted molar refractivity (Wildman–Crippen MR) is 77.7 cm³/mol. The summed E-state index contributed by atoms with van der Waals surface area (Å²) in [7, 11) is 0. The highest BCUT2D eigenvalue weighted by Gasteiger charge is 2.43. The molecule has 1 rings (SSSR count). The van der Waals surface area contributed by atoms with Crippen molar-refractivity contribution in [1.29, 1.82) is 0 Å². The summed E-state index contributed by atoms with van der Waals surface area (Å²) in [6.07, 6.45) is -6.94. The Hall–Kier alpha value is -1.05. The molecule has 0 saturated heterocycles. The minimum absolute atomic E-state index is 0. The molecule has 22 heavy (non-hydrogen) atoms. The van der Waals surface area contributed by atoms with Gasteiger partial charge in [0.2, 0.25) is 0 Å². The number of unbranched alkanes of at least 4 members (excludes halogenated alkanes) is 1. The molecule has 128 valence electrons. The SMILES string of the molecule is CCCC[C@H](O)[C@H](N)c1ccc(OC(F)(F)C(F)F)cc1.Cl. The third kappa shape index (κ3) is 5.98. The van der Waals surface area contributed by atoms with Crippen LogP contribution >= 0.6 is 12.4 Å². The van der Waals surface area contributed by atoms with Crippen molar-refractivity contribution in [3.63, 3.8) is 0 Å². The van der Waals surface area contributed by atoms with E-state index in [9.17, 15) is 22.7 Å². The van der Waals surface area contributed by atoms with Crippen molar-refractivity contribution in [3.05, 3.63) is 29.8 Å². The number of rotatable bonds is 8. The quantitative estimate of drug-likeness (QED) is 0.703.